The van der Waals surface area contributed by atoms with Crippen molar-refractivity contribution in [1.82, 2.24) is 0 Å². The monoisotopic (exact) mass is 91.1 g/mol. The predicted octanol–water partition coefficient (Wildman–Crippen LogP) is 1.32. The summed E-state index contributed by atoms with van der Waals surface area (Å²) in [7, 11) is 2.25. The molecule has 0 saturated carbocycles. The molecule has 0 nitrogen and oxygen atoms in total. The molecule has 1 heterocycles. The van der Waals surface area contributed by atoms with E-state index in [9.17, 15) is 0 Å². The zero-order valence-electron chi connectivity index (χ0n) is 4.41. The van der Waals surface area contributed by atoms with Gasteiger partial charge in [-0.25, -0.2) is 0 Å². The highest BCUT2D eigenvalue weighted by molar-refractivity contribution is 6.36. The van der Waals surface area contributed by atoms with E-state index in [1.165, 1.54) is 12.7 Å². The minimum Gasteiger partial charge on any atom is -0.112 e. The van der Waals surface area contributed by atoms with Gasteiger partial charge in [0, 0.05) is 6.42 Å². The highest BCUT2D eigenvalue weighted by atomic mass is 13.8. The molecule has 35 valence electrons. The first kappa shape index (κ1) is 4.78. The van der Waals surface area contributed by atoms with Gasteiger partial charge in [0.1, 0.15) is 7.28 Å². The summed E-state index contributed by atoms with van der Waals surface area (Å²) in [6.45, 7) is 0. The van der Waals surface area contributed by atoms with Gasteiger partial charge in [-0.05, 0) is 12.7 Å². The molecular formula is C6H8B. The van der Waals surface area contributed by atoms with Gasteiger partial charge >= 0.3 is 0 Å². The van der Waals surface area contributed by atoms with Gasteiger partial charge in [-0.1, -0.05) is 6.32 Å². The number of hydrogen-bond acceptors (Lipinski definition) is 0. The molecule has 1 radical (unpaired) electrons. The molecule has 0 atom stereocenters. The lowest BCUT2D eigenvalue weighted by atomic mass is 9.71. The summed E-state index contributed by atoms with van der Waals surface area (Å²) < 4.78 is 0. The Morgan fingerprint density at radius 3 is 3.29 bits per heavy atom. The summed E-state index contributed by atoms with van der Waals surface area (Å²) in [6, 6.07) is 0. The van der Waals surface area contributed by atoms with Crippen LogP contribution in [0.1, 0.15) is 12.8 Å². The summed E-state index contributed by atoms with van der Waals surface area (Å²) in [5, 5.41) is 0. The zero-order chi connectivity index (χ0) is 4.95. The minimum absolute atomic E-state index is 1.01. The van der Waals surface area contributed by atoms with E-state index in [0.717, 1.165) is 12.7 Å². The van der Waals surface area contributed by atoms with Crippen LogP contribution in [0.25, 0.3) is 0 Å². The highest BCUT2D eigenvalue weighted by Gasteiger charge is 1.90. The molecule has 0 fully saturated rings. The Bertz CT molecular complexity index is 86.5. The quantitative estimate of drug-likeness (QED) is 0.311. The van der Waals surface area contributed by atoms with E-state index in [0.29, 0.717) is 0 Å². The van der Waals surface area contributed by atoms with E-state index in [-0.39, 0.29) is 0 Å². The fourth-order valence-corrected chi connectivity index (χ4v) is 0.670. The van der Waals surface area contributed by atoms with Crippen molar-refractivity contribution in [3.63, 3.8) is 0 Å². The second kappa shape index (κ2) is 2.74. The standard InChI is InChI=1S/C6H8B/c1-2-4-6-7-5-3-1/h1,3,5-6H2. The van der Waals surface area contributed by atoms with E-state index in [1.54, 1.807) is 0 Å². The van der Waals surface area contributed by atoms with E-state index in [1.807, 2.05) is 0 Å². The summed E-state index contributed by atoms with van der Waals surface area (Å²) in [4.78, 5) is 0. The largest absolute Gasteiger partial charge is 0.125 e. The Morgan fingerprint density at radius 2 is 2.29 bits per heavy atom. The van der Waals surface area contributed by atoms with Gasteiger partial charge in [0.15, 0.2) is 0 Å². The highest BCUT2D eigenvalue weighted by Crippen LogP contribution is 1.98. The fraction of sp³-hybridized carbons (Fsp3) is 0.667. The Balaban J connectivity index is 2.26. The zero-order valence-corrected chi connectivity index (χ0v) is 4.41. The van der Waals surface area contributed by atoms with Gasteiger partial charge in [-0.15, -0.1) is 11.8 Å². The van der Waals surface area contributed by atoms with Crippen LogP contribution in [0.5, 0.6) is 0 Å². The molecule has 0 aromatic heterocycles. The minimum atomic E-state index is 1.01. The van der Waals surface area contributed by atoms with Crippen molar-refractivity contribution in [3.05, 3.63) is 0 Å². The van der Waals surface area contributed by atoms with Crippen molar-refractivity contribution >= 4 is 7.28 Å². The smallest absolute Gasteiger partial charge is 0.112 e. The van der Waals surface area contributed by atoms with Crippen LogP contribution in [0.4, 0.5) is 0 Å². The third kappa shape index (κ3) is 1.68. The first-order valence-corrected chi connectivity index (χ1v) is 2.77. The van der Waals surface area contributed by atoms with Gasteiger partial charge in [-0.3, -0.25) is 0 Å². The maximum atomic E-state index is 3.07. The third-order valence-corrected chi connectivity index (χ3v) is 1.08. The molecule has 0 N–H and O–H groups in total. The Kier molecular flexibility index (Phi) is 1.87. The number of hydrogen-bond donors (Lipinski definition) is 0. The summed E-state index contributed by atoms with van der Waals surface area (Å²) in [5.41, 5.74) is 0. The lowest BCUT2D eigenvalue weighted by Crippen LogP contribution is -1.81. The Hall–Kier alpha value is -0.375. The van der Waals surface area contributed by atoms with Gasteiger partial charge in [0.05, 0.1) is 0 Å². The lowest BCUT2D eigenvalue weighted by molar-refractivity contribution is 0.978. The van der Waals surface area contributed by atoms with Gasteiger partial charge in [-0.2, -0.15) is 0 Å². The van der Waals surface area contributed by atoms with Crippen LogP contribution in [0, 0.1) is 11.8 Å². The van der Waals surface area contributed by atoms with E-state index >= 15 is 0 Å². The maximum Gasteiger partial charge on any atom is 0.125 e. The second-order valence-electron chi connectivity index (χ2n) is 1.74. The number of rotatable bonds is 0. The maximum absolute atomic E-state index is 3.07. The predicted molar refractivity (Wildman–Crippen MR) is 32.4 cm³/mol. The molecular weight excluding hydrogens is 82.9 g/mol. The van der Waals surface area contributed by atoms with Crippen LogP contribution in [0.3, 0.4) is 0 Å². The fourth-order valence-electron chi connectivity index (χ4n) is 0.670. The van der Waals surface area contributed by atoms with Gasteiger partial charge < -0.3 is 0 Å². The van der Waals surface area contributed by atoms with Crippen molar-refractivity contribution in [3.8, 4) is 11.8 Å². The normalized spacial score (nSPS) is 18.3. The summed E-state index contributed by atoms with van der Waals surface area (Å²) in [5.74, 6) is 6.11. The van der Waals surface area contributed by atoms with Gasteiger partial charge in [0.25, 0.3) is 0 Å². The molecule has 7 heavy (non-hydrogen) atoms. The lowest BCUT2D eigenvalue weighted by Gasteiger charge is -1.83. The molecule has 0 aromatic rings. The summed E-state index contributed by atoms with van der Waals surface area (Å²) >= 11 is 0. The van der Waals surface area contributed by atoms with Crippen molar-refractivity contribution in [2.45, 2.75) is 25.5 Å². The van der Waals surface area contributed by atoms with Crippen LogP contribution in [-0.2, 0) is 0 Å². The molecule has 0 aromatic carbocycles. The van der Waals surface area contributed by atoms with Crippen LogP contribution in [0.2, 0.25) is 12.6 Å². The molecule has 0 unspecified atom stereocenters. The van der Waals surface area contributed by atoms with Crippen molar-refractivity contribution in [2.24, 2.45) is 0 Å². The van der Waals surface area contributed by atoms with E-state index < -0.39 is 0 Å². The molecule has 1 aliphatic heterocycles. The molecule has 0 aliphatic carbocycles. The Morgan fingerprint density at radius 1 is 1.29 bits per heavy atom. The first-order valence-electron chi connectivity index (χ1n) is 2.77. The molecule has 1 heteroatoms. The van der Waals surface area contributed by atoms with Crippen molar-refractivity contribution in [2.75, 3.05) is 0 Å². The molecule has 1 aliphatic rings. The van der Waals surface area contributed by atoms with Crippen LogP contribution in [0.15, 0.2) is 0 Å². The molecule has 0 saturated heterocycles. The second-order valence-corrected chi connectivity index (χ2v) is 1.74. The van der Waals surface area contributed by atoms with Crippen LogP contribution < -0.4 is 0 Å². The molecule has 1 rings (SSSR count). The third-order valence-electron chi connectivity index (χ3n) is 1.08. The van der Waals surface area contributed by atoms with E-state index in [4.69, 9.17) is 0 Å². The molecule has 0 amide bonds. The van der Waals surface area contributed by atoms with Crippen molar-refractivity contribution < 1.29 is 0 Å². The average molecular weight is 90.9 g/mol. The van der Waals surface area contributed by atoms with Crippen LogP contribution >= 0.6 is 0 Å². The summed E-state index contributed by atoms with van der Waals surface area (Å²) in [6.07, 6.45) is 4.64. The SMILES string of the molecule is [B]1CC#CCCC1. The average Bonchev–Trinajstić information content (AvgIpc) is 1.90. The molecule has 0 spiro atoms. The van der Waals surface area contributed by atoms with Crippen molar-refractivity contribution in [1.29, 1.82) is 0 Å². The topological polar surface area (TPSA) is 0 Å². The Labute approximate surface area is 45.5 Å². The van der Waals surface area contributed by atoms with Crippen LogP contribution in [-0.4, -0.2) is 7.28 Å². The first-order chi connectivity index (χ1) is 3.50. The van der Waals surface area contributed by atoms with E-state index in [2.05, 4.69) is 19.1 Å². The van der Waals surface area contributed by atoms with Gasteiger partial charge in [0.2, 0.25) is 0 Å². The molecule has 0 bridgehead atoms.